The molecule has 146 valence electrons. The molecule has 1 atom stereocenters. The first-order valence-electron chi connectivity index (χ1n) is 9.22. The zero-order valence-corrected chi connectivity index (χ0v) is 17.0. The van der Waals surface area contributed by atoms with Gasteiger partial charge in [-0.2, -0.15) is 13.2 Å². The van der Waals surface area contributed by atoms with Crippen LogP contribution < -0.4 is 10.9 Å². The normalized spacial score (nSPS) is 13.9. The maximum atomic E-state index is 15.1. The Morgan fingerprint density at radius 2 is 1.57 bits per heavy atom. The lowest BCUT2D eigenvalue weighted by atomic mass is 9.34. The van der Waals surface area contributed by atoms with Gasteiger partial charge in [-0.3, -0.25) is 0 Å². The SMILES string of the molecule is CCC(=S)CC(F)(c1cccc([B][B]c2ccc(C(C)C)cc2)c1)C(F)(F)F. The molecular formula is C21H22B2F4S. The zero-order chi connectivity index (χ0) is 20.9. The molecule has 0 aliphatic carbocycles. The Labute approximate surface area is 171 Å². The molecule has 0 aliphatic heterocycles. The highest BCUT2D eigenvalue weighted by Crippen LogP contribution is 2.45. The van der Waals surface area contributed by atoms with Gasteiger partial charge in [0.25, 0.3) is 0 Å². The fourth-order valence-electron chi connectivity index (χ4n) is 2.84. The highest BCUT2D eigenvalue weighted by Gasteiger charge is 2.57. The maximum Gasteiger partial charge on any atom is 0.427 e. The molecule has 0 aliphatic rings. The third-order valence-corrected chi connectivity index (χ3v) is 5.13. The van der Waals surface area contributed by atoms with Crippen molar-refractivity contribution in [1.82, 2.24) is 0 Å². The summed E-state index contributed by atoms with van der Waals surface area (Å²) in [7, 11) is 3.48. The maximum absolute atomic E-state index is 15.1. The first-order valence-corrected chi connectivity index (χ1v) is 9.63. The van der Waals surface area contributed by atoms with E-state index in [4.69, 9.17) is 12.2 Å². The van der Waals surface area contributed by atoms with Crippen LogP contribution >= 0.6 is 12.2 Å². The monoisotopic (exact) mass is 404 g/mol. The van der Waals surface area contributed by atoms with Crippen molar-refractivity contribution in [3.8, 4) is 0 Å². The Morgan fingerprint density at radius 3 is 2.11 bits per heavy atom. The van der Waals surface area contributed by atoms with Crippen molar-refractivity contribution in [3.63, 3.8) is 0 Å². The van der Waals surface area contributed by atoms with Gasteiger partial charge in [0.1, 0.15) is 14.3 Å². The fraction of sp³-hybridized carbons (Fsp3) is 0.381. The van der Waals surface area contributed by atoms with E-state index in [0.717, 1.165) is 5.46 Å². The molecule has 0 spiro atoms. The largest absolute Gasteiger partial charge is 0.427 e. The first-order chi connectivity index (χ1) is 13.1. The van der Waals surface area contributed by atoms with Crippen LogP contribution in [0.2, 0.25) is 0 Å². The third-order valence-electron chi connectivity index (χ3n) is 4.70. The van der Waals surface area contributed by atoms with E-state index in [1.807, 2.05) is 24.3 Å². The van der Waals surface area contributed by atoms with Gasteiger partial charge in [-0.25, -0.2) is 4.39 Å². The molecule has 0 fully saturated rings. The van der Waals surface area contributed by atoms with Crippen LogP contribution in [-0.4, -0.2) is 25.4 Å². The van der Waals surface area contributed by atoms with Crippen molar-refractivity contribution in [2.45, 2.75) is 51.4 Å². The Bertz CT molecular complexity index is 803. The Hall–Kier alpha value is -1.62. The highest BCUT2D eigenvalue weighted by molar-refractivity contribution is 7.80. The molecule has 0 nitrogen and oxygen atoms in total. The summed E-state index contributed by atoms with van der Waals surface area (Å²) in [5, 5.41) is 0. The van der Waals surface area contributed by atoms with Crippen molar-refractivity contribution in [1.29, 1.82) is 0 Å². The Morgan fingerprint density at radius 1 is 0.964 bits per heavy atom. The summed E-state index contributed by atoms with van der Waals surface area (Å²) < 4.78 is 55.7. The summed E-state index contributed by atoms with van der Waals surface area (Å²) in [6, 6.07) is 13.4. The van der Waals surface area contributed by atoms with E-state index in [1.165, 1.54) is 23.8 Å². The van der Waals surface area contributed by atoms with E-state index in [0.29, 0.717) is 11.4 Å². The van der Waals surface area contributed by atoms with Crippen molar-refractivity contribution in [2.24, 2.45) is 0 Å². The second-order valence-corrected chi connectivity index (χ2v) is 7.73. The van der Waals surface area contributed by atoms with E-state index in [1.54, 1.807) is 27.3 Å². The van der Waals surface area contributed by atoms with Crippen LogP contribution in [0.1, 0.15) is 50.7 Å². The number of benzene rings is 2. The summed E-state index contributed by atoms with van der Waals surface area (Å²) >= 11 is 4.89. The zero-order valence-electron chi connectivity index (χ0n) is 16.2. The van der Waals surface area contributed by atoms with Gasteiger partial charge >= 0.3 is 6.18 Å². The van der Waals surface area contributed by atoms with Crippen LogP contribution in [0.25, 0.3) is 0 Å². The summed E-state index contributed by atoms with van der Waals surface area (Å²) in [5.41, 5.74) is -1.28. The molecule has 1 unspecified atom stereocenters. The second kappa shape index (κ2) is 9.25. The van der Waals surface area contributed by atoms with Crippen LogP contribution in [-0.2, 0) is 5.67 Å². The van der Waals surface area contributed by atoms with Crippen molar-refractivity contribution in [2.75, 3.05) is 0 Å². The molecule has 2 radical (unpaired) electrons. The summed E-state index contributed by atoms with van der Waals surface area (Å²) in [6.45, 7) is 5.83. The minimum atomic E-state index is -5.04. The number of halogens is 4. The lowest BCUT2D eigenvalue weighted by molar-refractivity contribution is -0.233. The van der Waals surface area contributed by atoms with E-state index in [9.17, 15) is 13.2 Å². The molecule has 0 aromatic heterocycles. The van der Waals surface area contributed by atoms with Gasteiger partial charge in [0.05, 0.1) is 0 Å². The molecule has 0 amide bonds. The molecule has 2 aromatic carbocycles. The smallest absolute Gasteiger partial charge is 0.228 e. The predicted octanol–water partition coefficient (Wildman–Crippen LogP) is 4.98. The van der Waals surface area contributed by atoms with Crippen molar-refractivity contribution in [3.05, 3.63) is 59.7 Å². The molecule has 7 heteroatoms. The molecule has 0 bridgehead atoms. The lowest BCUT2D eigenvalue weighted by Gasteiger charge is -2.29. The standard InChI is InChI=1S/C21H22B2F4S/c1-4-19(28)13-20(24,21(25,26)27)16-6-5-7-18(12-16)23-22-17-10-8-15(9-11-17)14(2)3/h5-12,14H,4,13H2,1-3H3. The quantitative estimate of drug-likeness (QED) is 0.340. The van der Waals surface area contributed by atoms with E-state index < -0.39 is 23.8 Å². The fourth-order valence-corrected chi connectivity index (χ4v) is 3.03. The van der Waals surface area contributed by atoms with Crippen LogP contribution in [0.5, 0.6) is 0 Å². The van der Waals surface area contributed by atoms with Gasteiger partial charge in [0.15, 0.2) is 0 Å². The van der Waals surface area contributed by atoms with E-state index in [-0.39, 0.29) is 11.3 Å². The van der Waals surface area contributed by atoms with E-state index in [2.05, 4.69) is 13.8 Å². The predicted molar refractivity (Wildman–Crippen MR) is 114 cm³/mol. The average Bonchev–Trinajstić information content (AvgIpc) is 2.65. The molecule has 28 heavy (non-hydrogen) atoms. The van der Waals surface area contributed by atoms with Crippen LogP contribution in [0, 0.1) is 0 Å². The Kier molecular flexibility index (Phi) is 7.49. The van der Waals surface area contributed by atoms with Crippen molar-refractivity contribution < 1.29 is 17.6 Å². The number of alkyl halides is 4. The summed E-state index contributed by atoms with van der Waals surface area (Å²) in [5.74, 6) is 0.420. The molecule has 0 N–H and O–H groups in total. The van der Waals surface area contributed by atoms with Crippen LogP contribution in [0.3, 0.4) is 0 Å². The number of rotatable bonds is 8. The minimum absolute atomic E-state index is 0.0611. The van der Waals surface area contributed by atoms with Gasteiger partial charge in [0.2, 0.25) is 5.67 Å². The molecule has 2 rings (SSSR count). The topological polar surface area (TPSA) is 0 Å². The number of hydrogen-bond donors (Lipinski definition) is 0. The molecule has 0 heterocycles. The summed E-state index contributed by atoms with van der Waals surface area (Å²) in [6.07, 6.45) is -5.66. The number of thiocarbonyl (C=S) groups is 1. The van der Waals surface area contributed by atoms with Gasteiger partial charge in [0, 0.05) is 6.42 Å². The average molecular weight is 404 g/mol. The van der Waals surface area contributed by atoms with Gasteiger partial charge in [-0.05, 0) is 28.3 Å². The van der Waals surface area contributed by atoms with Crippen molar-refractivity contribution >= 4 is 42.3 Å². The second-order valence-electron chi connectivity index (χ2n) is 7.15. The summed E-state index contributed by atoms with van der Waals surface area (Å²) in [4.78, 5) is 0.0611. The van der Waals surface area contributed by atoms with Gasteiger partial charge in [-0.15, -0.1) is 0 Å². The van der Waals surface area contributed by atoms with E-state index >= 15 is 4.39 Å². The minimum Gasteiger partial charge on any atom is -0.228 e. The number of hydrogen-bond acceptors (Lipinski definition) is 1. The van der Waals surface area contributed by atoms with Crippen LogP contribution in [0.15, 0.2) is 48.5 Å². The lowest BCUT2D eigenvalue weighted by Crippen LogP contribution is -2.41. The Balaban J connectivity index is 2.20. The molecule has 0 saturated carbocycles. The van der Waals surface area contributed by atoms with Gasteiger partial charge < -0.3 is 0 Å². The highest BCUT2D eigenvalue weighted by atomic mass is 32.1. The first kappa shape index (κ1) is 22.7. The van der Waals surface area contributed by atoms with Crippen LogP contribution in [0.4, 0.5) is 17.6 Å². The van der Waals surface area contributed by atoms with Gasteiger partial charge in [-0.1, -0.05) is 92.4 Å². The third kappa shape index (κ3) is 5.47. The molecule has 2 aromatic rings. The molecular weight excluding hydrogens is 382 g/mol. The molecule has 0 saturated heterocycles.